The maximum Gasteiger partial charge on any atom is 0.242 e. The van der Waals surface area contributed by atoms with E-state index in [0.717, 1.165) is 16.7 Å². The number of aryl methyl sites for hydroxylation is 1. The minimum absolute atomic E-state index is 0.0922. The van der Waals surface area contributed by atoms with Crippen LogP contribution in [0, 0.1) is 6.92 Å². The third kappa shape index (κ3) is 5.07. The molecule has 0 bridgehead atoms. The number of carbonyl (C=O) groups excluding carboxylic acids is 2. The Morgan fingerprint density at radius 2 is 1.88 bits per heavy atom. The molecule has 2 aromatic rings. The lowest BCUT2D eigenvalue weighted by Crippen LogP contribution is -2.47. The maximum absolute atomic E-state index is 12.9. The molecule has 1 atom stereocenters. The number of nitrogens with zero attached hydrogens (tertiary/aromatic N) is 1. The second kappa shape index (κ2) is 8.67. The normalized spacial score (nSPS) is 11.7. The van der Waals surface area contributed by atoms with Crippen molar-refractivity contribution in [3.63, 3.8) is 0 Å². The van der Waals surface area contributed by atoms with Crippen molar-refractivity contribution in [2.24, 2.45) is 0 Å². The van der Waals surface area contributed by atoms with Gasteiger partial charge in [-0.25, -0.2) is 0 Å². The summed E-state index contributed by atoms with van der Waals surface area (Å²) in [7, 11) is 1.57. The molecule has 0 spiro atoms. The fourth-order valence-electron chi connectivity index (χ4n) is 2.70. The molecule has 5 heteroatoms. The zero-order chi connectivity index (χ0) is 18.4. The second-order valence-corrected chi connectivity index (χ2v) is 6.48. The van der Waals surface area contributed by atoms with Gasteiger partial charge in [0.25, 0.3) is 0 Å². The van der Waals surface area contributed by atoms with Gasteiger partial charge < -0.3 is 10.2 Å². The van der Waals surface area contributed by atoms with Gasteiger partial charge in [0, 0.05) is 18.6 Å². The van der Waals surface area contributed by atoms with Crippen LogP contribution in [0.25, 0.3) is 0 Å². The Bertz CT molecular complexity index is 761. The summed E-state index contributed by atoms with van der Waals surface area (Å²) in [6, 6.07) is 14.5. The van der Waals surface area contributed by atoms with E-state index in [1.54, 1.807) is 24.9 Å². The summed E-state index contributed by atoms with van der Waals surface area (Å²) in [5, 5.41) is 3.22. The molecule has 0 aromatic heterocycles. The van der Waals surface area contributed by atoms with E-state index in [2.05, 4.69) is 5.32 Å². The van der Waals surface area contributed by atoms with E-state index in [1.807, 2.05) is 49.4 Å². The van der Waals surface area contributed by atoms with E-state index in [-0.39, 0.29) is 18.2 Å². The van der Waals surface area contributed by atoms with Crippen molar-refractivity contribution in [2.75, 3.05) is 7.05 Å². The highest BCUT2D eigenvalue weighted by atomic mass is 35.5. The van der Waals surface area contributed by atoms with Crippen LogP contribution in [0.3, 0.4) is 0 Å². The zero-order valence-electron chi connectivity index (χ0n) is 14.8. The first-order chi connectivity index (χ1) is 11.9. The van der Waals surface area contributed by atoms with Gasteiger partial charge in [-0.1, -0.05) is 48.0 Å². The van der Waals surface area contributed by atoms with Crippen molar-refractivity contribution in [3.05, 3.63) is 70.2 Å². The molecule has 2 amide bonds. The van der Waals surface area contributed by atoms with Gasteiger partial charge in [0.2, 0.25) is 11.8 Å². The molecule has 132 valence electrons. The van der Waals surface area contributed by atoms with Gasteiger partial charge in [-0.15, -0.1) is 0 Å². The highest BCUT2D eigenvalue weighted by Gasteiger charge is 2.25. The van der Waals surface area contributed by atoms with Crippen molar-refractivity contribution < 1.29 is 9.59 Å². The third-order valence-corrected chi connectivity index (χ3v) is 4.49. The quantitative estimate of drug-likeness (QED) is 0.860. The van der Waals surface area contributed by atoms with E-state index in [0.29, 0.717) is 11.6 Å². The predicted octanol–water partition coefficient (Wildman–Crippen LogP) is 3.35. The highest BCUT2D eigenvalue weighted by Crippen LogP contribution is 2.17. The van der Waals surface area contributed by atoms with Crippen LogP contribution < -0.4 is 5.32 Å². The lowest BCUT2D eigenvalue weighted by atomic mass is 10.0. The van der Waals surface area contributed by atoms with Crippen molar-refractivity contribution in [1.29, 1.82) is 0 Å². The SMILES string of the molecule is CNC(=O)[C@@H](C)N(Cc1cccc(Cl)c1)C(=O)Cc1ccccc1C. The first-order valence-electron chi connectivity index (χ1n) is 8.22. The number of halogens is 1. The number of benzene rings is 2. The largest absolute Gasteiger partial charge is 0.357 e. The van der Waals surface area contributed by atoms with E-state index >= 15 is 0 Å². The molecule has 2 aromatic carbocycles. The van der Waals surface area contributed by atoms with Crippen LogP contribution in [0.4, 0.5) is 0 Å². The minimum atomic E-state index is -0.569. The summed E-state index contributed by atoms with van der Waals surface area (Å²) in [5.74, 6) is -0.287. The molecule has 0 unspecified atom stereocenters. The number of amides is 2. The number of likely N-dealkylation sites (N-methyl/N-ethyl adjacent to an activating group) is 1. The lowest BCUT2D eigenvalue weighted by molar-refractivity contribution is -0.139. The predicted molar refractivity (Wildman–Crippen MR) is 100 cm³/mol. The summed E-state index contributed by atoms with van der Waals surface area (Å²) in [6.45, 7) is 4.05. The van der Waals surface area contributed by atoms with Gasteiger partial charge in [0.1, 0.15) is 6.04 Å². The first-order valence-corrected chi connectivity index (χ1v) is 8.60. The van der Waals surface area contributed by atoms with Crippen molar-refractivity contribution in [2.45, 2.75) is 32.9 Å². The summed E-state index contributed by atoms with van der Waals surface area (Å²) in [6.07, 6.45) is 0.259. The number of rotatable bonds is 6. The molecular formula is C20H23ClN2O2. The van der Waals surface area contributed by atoms with Crippen molar-refractivity contribution >= 4 is 23.4 Å². The second-order valence-electron chi connectivity index (χ2n) is 6.05. The number of hydrogen-bond donors (Lipinski definition) is 1. The summed E-state index contributed by atoms with van der Waals surface area (Å²) in [5.41, 5.74) is 2.92. The average molecular weight is 359 g/mol. The Morgan fingerprint density at radius 3 is 2.52 bits per heavy atom. The minimum Gasteiger partial charge on any atom is -0.357 e. The molecule has 2 rings (SSSR count). The van der Waals surface area contributed by atoms with Gasteiger partial charge in [0.15, 0.2) is 0 Å². The van der Waals surface area contributed by atoms with Gasteiger partial charge in [-0.2, -0.15) is 0 Å². The van der Waals surface area contributed by atoms with Crippen molar-refractivity contribution in [1.82, 2.24) is 10.2 Å². The van der Waals surface area contributed by atoms with Crippen LogP contribution in [0.15, 0.2) is 48.5 Å². The molecule has 0 saturated heterocycles. The van der Waals surface area contributed by atoms with Crippen molar-refractivity contribution in [3.8, 4) is 0 Å². The van der Waals surface area contributed by atoms with E-state index in [1.165, 1.54) is 0 Å². The first kappa shape index (κ1) is 19.0. The van der Waals surface area contributed by atoms with Gasteiger partial charge in [0.05, 0.1) is 6.42 Å². The van der Waals surface area contributed by atoms with Crippen LogP contribution >= 0.6 is 11.6 Å². The highest BCUT2D eigenvalue weighted by molar-refractivity contribution is 6.30. The van der Waals surface area contributed by atoms with Crippen LogP contribution in [0.1, 0.15) is 23.6 Å². The summed E-state index contributed by atoms with van der Waals surface area (Å²) >= 11 is 6.05. The Labute approximate surface area is 153 Å². The Kier molecular flexibility index (Phi) is 6.59. The smallest absolute Gasteiger partial charge is 0.242 e. The van der Waals surface area contributed by atoms with Crippen LogP contribution in [0.5, 0.6) is 0 Å². The average Bonchev–Trinajstić information content (AvgIpc) is 2.60. The Balaban J connectivity index is 2.25. The number of hydrogen-bond acceptors (Lipinski definition) is 2. The molecule has 0 aliphatic heterocycles. The van der Waals surface area contributed by atoms with Crippen LogP contribution in [-0.4, -0.2) is 29.8 Å². The number of nitrogens with one attached hydrogen (secondary N) is 1. The van der Waals surface area contributed by atoms with E-state index in [9.17, 15) is 9.59 Å². The standard InChI is InChI=1S/C20H23ClN2O2/c1-14-7-4-5-9-17(14)12-19(24)23(15(2)20(25)22-3)13-16-8-6-10-18(21)11-16/h4-11,15H,12-13H2,1-3H3,(H,22,25)/t15-/m1/s1. The number of carbonyl (C=O) groups is 2. The maximum atomic E-state index is 12.9. The molecule has 0 aliphatic carbocycles. The Hall–Kier alpha value is -2.33. The molecule has 1 N–H and O–H groups in total. The summed E-state index contributed by atoms with van der Waals surface area (Å²) < 4.78 is 0. The van der Waals surface area contributed by atoms with Crippen LogP contribution in [0.2, 0.25) is 5.02 Å². The molecular weight excluding hydrogens is 336 g/mol. The molecule has 25 heavy (non-hydrogen) atoms. The molecule has 0 heterocycles. The van der Waals surface area contributed by atoms with E-state index < -0.39 is 6.04 Å². The Morgan fingerprint density at radius 1 is 1.16 bits per heavy atom. The summed E-state index contributed by atoms with van der Waals surface area (Å²) in [4.78, 5) is 26.6. The fourth-order valence-corrected chi connectivity index (χ4v) is 2.91. The third-order valence-electron chi connectivity index (χ3n) is 4.26. The zero-order valence-corrected chi connectivity index (χ0v) is 15.5. The molecule has 0 aliphatic rings. The van der Waals surface area contributed by atoms with Gasteiger partial charge in [-0.05, 0) is 42.7 Å². The molecule has 4 nitrogen and oxygen atoms in total. The topological polar surface area (TPSA) is 49.4 Å². The molecule has 0 fully saturated rings. The van der Waals surface area contributed by atoms with E-state index in [4.69, 9.17) is 11.6 Å². The molecule has 0 radical (unpaired) electrons. The molecule has 0 saturated carbocycles. The lowest BCUT2D eigenvalue weighted by Gasteiger charge is -2.28. The fraction of sp³-hybridized carbons (Fsp3) is 0.300. The van der Waals surface area contributed by atoms with Crippen LogP contribution in [-0.2, 0) is 22.6 Å². The monoisotopic (exact) mass is 358 g/mol. The van der Waals surface area contributed by atoms with Gasteiger partial charge in [-0.3, -0.25) is 9.59 Å². The van der Waals surface area contributed by atoms with Gasteiger partial charge >= 0.3 is 0 Å².